The van der Waals surface area contributed by atoms with Crippen molar-refractivity contribution in [2.45, 2.75) is 19.3 Å². The summed E-state index contributed by atoms with van der Waals surface area (Å²) in [6.45, 7) is 2.24. The topological polar surface area (TPSA) is 3.24 Å². The van der Waals surface area contributed by atoms with Crippen LogP contribution in [-0.2, 0) is 0 Å². The van der Waals surface area contributed by atoms with Crippen molar-refractivity contribution in [2.24, 2.45) is 5.92 Å². The molecule has 2 heteroatoms. The molecular formula is C8H13NS. The van der Waals surface area contributed by atoms with E-state index >= 15 is 0 Å². The minimum atomic E-state index is 0.800. The molecule has 0 aromatic carbocycles. The van der Waals surface area contributed by atoms with E-state index in [9.17, 15) is 0 Å². The first-order valence-corrected chi connectivity index (χ1v) is 4.10. The smallest absolute Gasteiger partial charge is 0.0116 e. The van der Waals surface area contributed by atoms with Crippen LogP contribution in [0.4, 0.5) is 0 Å². The van der Waals surface area contributed by atoms with Crippen molar-refractivity contribution in [3.05, 3.63) is 0 Å². The summed E-state index contributed by atoms with van der Waals surface area (Å²) in [5.41, 5.74) is 0. The second-order valence-corrected chi connectivity index (χ2v) is 3.38. The molecule has 0 amide bonds. The maximum absolute atomic E-state index is 5.16. The Morgan fingerprint density at radius 2 is 2.50 bits per heavy atom. The average Bonchev–Trinajstić information content (AvgIpc) is 2.31. The largest absolute Gasteiger partial charge is 0.253 e. The minimum Gasteiger partial charge on any atom is -0.253 e. The van der Waals surface area contributed by atoms with Crippen molar-refractivity contribution in [1.82, 2.24) is 4.31 Å². The van der Waals surface area contributed by atoms with E-state index < -0.39 is 0 Å². The molecular weight excluding hydrogens is 142 g/mol. The molecule has 1 heterocycles. The van der Waals surface area contributed by atoms with Crippen LogP contribution in [-0.4, -0.2) is 17.4 Å². The van der Waals surface area contributed by atoms with Gasteiger partial charge in [-0.1, -0.05) is 12.8 Å². The van der Waals surface area contributed by atoms with E-state index in [4.69, 9.17) is 6.42 Å². The number of terminal acetylenes is 1. The summed E-state index contributed by atoms with van der Waals surface area (Å²) in [4.78, 5) is 0. The van der Waals surface area contributed by atoms with Crippen LogP contribution in [0.5, 0.6) is 0 Å². The molecule has 0 aromatic heterocycles. The van der Waals surface area contributed by atoms with Crippen molar-refractivity contribution in [1.29, 1.82) is 0 Å². The molecule has 10 heavy (non-hydrogen) atoms. The Morgan fingerprint density at radius 1 is 1.70 bits per heavy atom. The van der Waals surface area contributed by atoms with Gasteiger partial charge in [-0.25, -0.2) is 0 Å². The molecule has 1 atom stereocenters. The number of hydrogen-bond donors (Lipinski definition) is 1. The summed E-state index contributed by atoms with van der Waals surface area (Å²) < 4.78 is 2.07. The van der Waals surface area contributed by atoms with Crippen LogP contribution in [0.1, 0.15) is 19.3 Å². The zero-order valence-corrected chi connectivity index (χ0v) is 6.98. The molecule has 0 saturated carbocycles. The Labute approximate surface area is 68.3 Å². The van der Waals surface area contributed by atoms with E-state index in [1.165, 1.54) is 12.8 Å². The fraction of sp³-hybridized carbons (Fsp3) is 0.750. The van der Waals surface area contributed by atoms with E-state index in [0.29, 0.717) is 0 Å². The lowest BCUT2D eigenvalue weighted by Gasteiger charge is -2.06. The fourth-order valence-corrected chi connectivity index (χ4v) is 1.68. The molecule has 56 valence electrons. The van der Waals surface area contributed by atoms with Crippen LogP contribution in [0.25, 0.3) is 0 Å². The Morgan fingerprint density at radius 3 is 3.00 bits per heavy atom. The lowest BCUT2D eigenvalue weighted by Crippen LogP contribution is -2.07. The van der Waals surface area contributed by atoms with Crippen molar-refractivity contribution < 1.29 is 0 Å². The second-order valence-electron chi connectivity index (χ2n) is 2.81. The molecule has 1 aliphatic heterocycles. The Kier molecular flexibility index (Phi) is 3.11. The van der Waals surface area contributed by atoms with Gasteiger partial charge in [0.2, 0.25) is 0 Å². The molecule has 1 saturated heterocycles. The highest BCUT2D eigenvalue weighted by Gasteiger charge is 2.18. The van der Waals surface area contributed by atoms with E-state index in [-0.39, 0.29) is 0 Å². The van der Waals surface area contributed by atoms with E-state index in [0.717, 1.165) is 25.4 Å². The van der Waals surface area contributed by atoms with Gasteiger partial charge in [0.15, 0.2) is 0 Å². The van der Waals surface area contributed by atoms with Gasteiger partial charge in [-0.3, -0.25) is 4.31 Å². The minimum absolute atomic E-state index is 0.800. The molecule has 0 aliphatic carbocycles. The monoisotopic (exact) mass is 155 g/mol. The standard InChI is InChI=1S/C8H13NS/c1-2-3-4-8-5-6-9(10)7-8/h1,8,10H,3-7H2. The summed E-state index contributed by atoms with van der Waals surface area (Å²) in [5, 5.41) is 0. The fourth-order valence-electron chi connectivity index (χ4n) is 1.34. The molecule has 0 N–H and O–H groups in total. The Balaban J connectivity index is 2.14. The lowest BCUT2D eigenvalue weighted by molar-refractivity contribution is 0.502. The van der Waals surface area contributed by atoms with E-state index in [2.05, 4.69) is 23.0 Å². The molecule has 1 nitrogen and oxygen atoms in total. The van der Waals surface area contributed by atoms with Crippen molar-refractivity contribution in [2.75, 3.05) is 13.1 Å². The molecule has 0 spiro atoms. The summed E-state index contributed by atoms with van der Waals surface area (Å²) >= 11 is 4.26. The van der Waals surface area contributed by atoms with Gasteiger partial charge in [0.25, 0.3) is 0 Å². The van der Waals surface area contributed by atoms with Crippen LogP contribution in [0.2, 0.25) is 0 Å². The summed E-state index contributed by atoms with van der Waals surface area (Å²) in [6, 6.07) is 0. The van der Waals surface area contributed by atoms with Crippen LogP contribution in [0.15, 0.2) is 0 Å². The maximum atomic E-state index is 5.16. The highest BCUT2D eigenvalue weighted by Crippen LogP contribution is 2.21. The summed E-state index contributed by atoms with van der Waals surface area (Å²) in [6.07, 6.45) is 8.52. The highest BCUT2D eigenvalue weighted by molar-refractivity contribution is 7.77. The second kappa shape index (κ2) is 3.90. The van der Waals surface area contributed by atoms with Crippen molar-refractivity contribution in [3.63, 3.8) is 0 Å². The lowest BCUT2D eigenvalue weighted by atomic mass is 10.0. The number of hydrogen-bond acceptors (Lipinski definition) is 2. The predicted molar refractivity (Wildman–Crippen MR) is 46.7 cm³/mol. The third kappa shape index (κ3) is 2.24. The van der Waals surface area contributed by atoms with Gasteiger partial charge in [-0.2, -0.15) is 0 Å². The van der Waals surface area contributed by atoms with Crippen molar-refractivity contribution in [3.8, 4) is 12.3 Å². The van der Waals surface area contributed by atoms with E-state index in [1.54, 1.807) is 0 Å². The Hall–Kier alpha value is -0.130. The highest BCUT2D eigenvalue weighted by atomic mass is 32.1. The first-order chi connectivity index (χ1) is 4.83. The van der Waals surface area contributed by atoms with Gasteiger partial charge in [0.05, 0.1) is 0 Å². The first-order valence-electron chi connectivity index (χ1n) is 3.70. The van der Waals surface area contributed by atoms with Crippen LogP contribution < -0.4 is 0 Å². The van der Waals surface area contributed by atoms with Gasteiger partial charge >= 0.3 is 0 Å². The number of nitrogens with zero attached hydrogens (tertiary/aromatic N) is 1. The van der Waals surface area contributed by atoms with Gasteiger partial charge in [0.1, 0.15) is 0 Å². The third-order valence-corrected chi connectivity index (χ3v) is 2.32. The molecule has 0 aromatic rings. The Bertz CT molecular complexity index is 139. The maximum Gasteiger partial charge on any atom is 0.0116 e. The number of thiol groups is 1. The summed E-state index contributed by atoms with van der Waals surface area (Å²) in [7, 11) is 0. The molecule has 0 bridgehead atoms. The van der Waals surface area contributed by atoms with E-state index in [1.807, 2.05) is 0 Å². The third-order valence-electron chi connectivity index (χ3n) is 1.96. The van der Waals surface area contributed by atoms with Gasteiger partial charge in [-0.05, 0) is 18.8 Å². The normalized spacial score (nSPS) is 26.6. The predicted octanol–water partition coefficient (Wildman–Crippen LogP) is 1.57. The van der Waals surface area contributed by atoms with Gasteiger partial charge in [0, 0.05) is 19.5 Å². The van der Waals surface area contributed by atoms with Crippen molar-refractivity contribution >= 4 is 12.8 Å². The van der Waals surface area contributed by atoms with Crippen LogP contribution >= 0.6 is 12.8 Å². The SMILES string of the molecule is C#CCCC1CCN(S)C1. The van der Waals surface area contributed by atoms with Crippen LogP contribution in [0, 0.1) is 18.3 Å². The number of rotatable bonds is 2. The van der Waals surface area contributed by atoms with Gasteiger partial charge < -0.3 is 0 Å². The first kappa shape index (κ1) is 7.97. The zero-order valence-electron chi connectivity index (χ0n) is 6.08. The molecule has 1 unspecified atom stereocenters. The van der Waals surface area contributed by atoms with Gasteiger partial charge in [-0.15, -0.1) is 12.3 Å². The molecule has 1 aliphatic rings. The summed E-state index contributed by atoms with van der Waals surface area (Å²) in [5.74, 6) is 3.47. The molecule has 1 rings (SSSR count). The average molecular weight is 155 g/mol. The quantitative estimate of drug-likeness (QED) is 0.468. The molecule has 1 fully saturated rings. The zero-order chi connectivity index (χ0) is 7.40. The molecule has 0 radical (unpaired) electrons. The van der Waals surface area contributed by atoms with Crippen LogP contribution in [0.3, 0.4) is 0 Å².